The van der Waals surface area contributed by atoms with Gasteiger partial charge in [-0.1, -0.05) is 48.3 Å². The molecule has 0 saturated carbocycles. The number of benzene rings is 2. The van der Waals surface area contributed by atoms with Crippen LogP contribution in [0.5, 0.6) is 0 Å². The minimum Gasteiger partial charge on any atom is -0.325 e. The Bertz CT molecular complexity index is 771. The number of carbonyl (C=O) groups is 1. The molecule has 6 heteroatoms. The molecular weight excluding hydrogens is 399 g/mol. The van der Waals surface area contributed by atoms with Crippen LogP contribution in [0.4, 0.5) is 5.69 Å². The fourth-order valence-corrected chi connectivity index (χ4v) is 4.62. The molecule has 0 unspecified atom stereocenters. The summed E-state index contributed by atoms with van der Waals surface area (Å²) in [6.07, 6.45) is 1.69. The summed E-state index contributed by atoms with van der Waals surface area (Å²) in [6, 6.07) is 13.6. The van der Waals surface area contributed by atoms with E-state index in [2.05, 4.69) is 23.2 Å². The number of hydrogen-bond acceptors (Lipinski definition) is 3. The first-order chi connectivity index (χ1) is 13.1. The predicted molar refractivity (Wildman–Crippen MR) is 116 cm³/mol. The Morgan fingerprint density at radius 2 is 1.78 bits per heavy atom. The Labute approximate surface area is 175 Å². The molecule has 144 valence electrons. The maximum Gasteiger partial charge on any atom is 0.227 e. The molecule has 1 aliphatic heterocycles. The summed E-state index contributed by atoms with van der Waals surface area (Å²) in [5, 5.41) is 4.53. The lowest BCUT2D eigenvalue weighted by molar-refractivity contribution is -0.121. The summed E-state index contributed by atoms with van der Waals surface area (Å²) in [5.41, 5.74) is 1.88. The van der Waals surface area contributed by atoms with Gasteiger partial charge in [0.2, 0.25) is 5.91 Å². The maximum atomic E-state index is 12.7. The van der Waals surface area contributed by atoms with Crippen molar-refractivity contribution in [3.05, 3.63) is 58.1 Å². The van der Waals surface area contributed by atoms with Crippen molar-refractivity contribution in [3.63, 3.8) is 0 Å². The second kappa shape index (κ2) is 9.83. The van der Waals surface area contributed by atoms with Gasteiger partial charge in [0, 0.05) is 33.0 Å². The van der Waals surface area contributed by atoms with Crippen molar-refractivity contribution in [2.75, 3.05) is 24.2 Å². The van der Waals surface area contributed by atoms with E-state index in [9.17, 15) is 4.79 Å². The quantitative estimate of drug-likeness (QED) is 0.583. The van der Waals surface area contributed by atoms with Gasteiger partial charge in [-0.2, -0.15) is 0 Å². The standard InChI is InChI=1S/C21H24Cl2N2OS/c1-2-27-20-9-4-3-8-19(20)24-21(26)15-10-12-25(13-11-15)14-16-17(22)6-5-7-18(16)23/h3-9,15H,2,10-14H2,1H3,(H,24,26). The summed E-state index contributed by atoms with van der Waals surface area (Å²) >= 11 is 14.3. The molecule has 0 bridgehead atoms. The number of halogens is 2. The zero-order valence-electron chi connectivity index (χ0n) is 15.4. The molecular formula is C21H24Cl2N2OS. The molecule has 1 N–H and O–H groups in total. The van der Waals surface area contributed by atoms with Crippen LogP contribution in [-0.4, -0.2) is 29.6 Å². The van der Waals surface area contributed by atoms with Gasteiger partial charge in [-0.25, -0.2) is 0 Å². The highest BCUT2D eigenvalue weighted by atomic mass is 35.5. The highest BCUT2D eigenvalue weighted by molar-refractivity contribution is 7.99. The van der Waals surface area contributed by atoms with Crippen molar-refractivity contribution in [2.45, 2.75) is 31.2 Å². The molecule has 1 saturated heterocycles. The third kappa shape index (κ3) is 5.41. The number of carbonyl (C=O) groups excluding carboxylic acids is 1. The molecule has 1 fully saturated rings. The average molecular weight is 423 g/mol. The summed E-state index contributed by atoms with van der Waals surface area (Å²) in [5.74, 6) is 1.15. The molecule has 0 atom stereocenters. The van der Waals surface area contributed by atoms with Crippen molar-refractivity contribution in [2.24, 2.45) is 5.92 Å². The molecule has 1 heterocycles. The number of rotatable bonds is 6. The number of hydrogen-bond donors (Lipinski definition) is 1. The number of piperidine rings is 1. The van der Waals surface area contributed by atoms with Gasteiger partial charge in [0.05, 0.1) is 5.69 Å². The van der Waals surface area contributed by atoms with E-state index in [1.165, 1.54) is 0 Å². The minimum absolute atomic E-state index is 0.0441. The van der Waals surface area contributed by atoms with Crippen LogP contribution < -0.4 is 5.32 Å². The SMILES string of the molecule is CCSc1ccccc1NC(=O)C1CCN(Cc2c(Cl)cccc2Cl)CC1. The summed E-state index contributed by atoms with van der Waals surface area (Å²) < 4.78 is 0. The lowest BCUT2D eigenvalue weighted by Crippen LogP contribution is -2.37. The Balaban J connectivity index is 1.55. The van der Waals surface area contributed by atoms with E-state index in [0.29, 0.717) is 10.0 Å². The Morgan fingerprint density at radius 1 is 1.11 bits per heavy atom. The molecule has 0 spiro atoms. The van der Waals surface area contributed by atoms with E-state index < -0.39 is 0 Å². The lowest BCUT2D eigenvalue weighted by atomic mass is 9.95. The monoisotopic (exact) mass is 422 g/mol. The van der Waals surface area contributed by atoms with Gasteiger partial charge in [0.25, 0.3) is 0 Å². The van der Waals surface area contributed by atoms with Gasteiger partial charge >= 0.3 is 0 Å². The molecule has 1 aliphatic rings. The first-order valence-electron chi connectivity index (χ1n) is 9.26. The van der Waals surface area contributed by atoms with E-state index in [-0.39, 0.29) is 11.8 Å². The second-order valence-electron chi connectivity index (χ2n) is 6.67. The molecule has 3 rings (SSSR count). The minimum atomic E-state index is 0.0441. The van der Waals surface area contributed by atoms with Crippen LogP contribution in [0.2, 0.25) is 10.0 Å². The van der Waals surface area contributed by atoms with Crippen LogP contribution >= 0.6 is 35.0 Å². The zero-order chi connectivity index (χ0) is 19.2. The maximum absolute atomic E-state index is 12.7. The van der Waals surface area contributed by atoms with Gasteiger partial charge in [0.1, 0.15) is 0 Å². The largest absolute Gasteiger partial charge is 0.325 e. The smallest absolute Gasteiger partial charge is 0.227 e. The first kappa shape index (κ1) is 20.5. The summed E-state index contributed by atoms with van der Waals surface area (Å²) in [6.45, 7) is 4.57. The van der Waals surface area contributed by atoms with E-state index in [1.807, 2.05) is 36.4 Å². The predicted octanol–water partition coefficient (Wildman–Crippen LogP) is 5.96. The molecule has 27 heavy (non-hydrogen) atoms. The number of nitrogens with one attached hydrogen (secondary N) is 1. The van der Waals surface area contributed by atoms with Gasteiger partial charge in [0.15, 0.2) is 0 Å². The summed E-state index contributed by atoms with van der Waals surface area (Å²) in [7, 11) is 0. The number of para-hydroxylation sites is 1. The molecule has 2 aromatic rings. The first-order valence-corrected chi connectivity index (χ1v) is 11.0. The van der Waals surface area contributed by atoms with E-state index in [0.717, 1.165) is 54.4 Å². The average Bonchev–Trinajstić information content (AvgIpc) is 2.67. The Kier molecular flexibility index (Phi) is 7.48. The van der Waals surface area contributed by atoms with Crippen LogP contribution in [0, 0.1) is 5.92 Å². The highest BCUT2D eigenvalue weighted by Gasteiger charge is 2.26. The number of likely N-dealkylation sites (tertiary alicyclic amines) is 1. The number of nitrogens with zero attached hydrogens (tertiary/aromatic N) is 1. The second-order valence-corrected chi connectivity index (χ2v) is 8.79. The molecule has 2 aromatic carbocycles. The van der Waals surface area contributed by atoms with Crippen LogP contribution in [0.1, 0.15) is 25.3 Å². The van der Waals surface area contributed by atoms with Crippen LogP contribution in [0.25, 0.3) is 0 Å². The third-order valence-electron chi connectivity index (χ3n) is 4.85. The van der Waals surface area contributed by atoms with E-state index >= 15 is 0 Å². The third-order valence-corrected chi connectivity index (χ3v) is 6.51. The molecule has 0 aliphatic carbocycles. The molecule has 0 aromatic heterocycles. The van der Waals surface area contributed by atoms with Gasteiger partial charge < -0.3 is 5.32 Å². The normalized spacial score (nSPS) is 15.7. The molecule has 1 amide bonds. The highest BCUT2D eigenvalue weighted by Crippen LogP contribution is 2.30. The van der Waals surface area contributed by atoms with Gasteiger partial charge in [-0.3, -0.25) is 9.69 Å². The van der Waals surface area contributed by atoms with Crippen LogP contribution in [-0.2, 0) is 11.3 Å². The van der Waals surface area contributed by atoms with Gasteiger partial charge in [-0.05, 0) is 55.9 Å². The van der Waals surface area contributed by atoms with E-state index in [1.54, 1.807) is 11.8 Å². The fourth-order valence-electron chi connectivity index (χ4n) is 3.35. The molecule has 0 radical (unpaired) electrons. The van der Waals surface area contributed by atoms with Crippen molar-refractivity contribution < 1.29 is 4.79 Å². The van der Waals surface area contributed by atoms with Crippen LogP contribution in [0.3, 0.4) is 0 Å². The van der Waals surface area contributed by atoms with Crippen molar-refractivity contribution >= 4 is 46.6 Å². The van der Waals surface area contributed by atoms with Crippen molar-refractivity contribution in [1.29, 1.82) is 0 Å². The van der Waals surface area contributed by atoms with Crippen LogP contribution in [0.15, 0.2) is 47.4 Å². The van der Waals surface area contributed by atoms with Crippen molar-refractivity contribution in [1.82, 2.24) is 4.90 Å². The summed E-state index contributed by atoms with van der Waals surface area (Å²) in [4.78, 5) is 16.2. The van der Waals surface area contributed by atoms with Gasteiger partial charge in [-0.15, -0.1) is 11.8 Å². The number of thioether (sulfide) groups is 1. The van der Waals surface area contributed by atoms with E-state index in [4.69, 9.17) is 23.2 Å². The number of amides is 1. The zero-order valence-corrected chi connectivity index (χ0v) is 17.7. The lowest BCUT2D eigenvalue weighted by Gasteiger charge is -2.31. The van der Waals surface area contributed by atoms with Crippen molar-refractivity contribution in [3.8, 4) is 0 Å². The number of anilines is 1. The molecule has 3 nitrogen and oxygen atoms in total. The Morgan fingerprint density at radius 3 is 2.44 bits per heavy atom. The fraction of sp³-hybridized carbons (Fsp3) is 0.381. The Hall–Kier alpha value is -1.20. The topological polar surface area (TPSA) is 32.3 Å².